The first-order chi connectivity index (χ1) is 7.24. The van der Waals surface area contributed by atoms with Crippen LogP contribution in [0.15, 0.2) is 23.0 Å². The molecule has 2 aromatic rings. The molecule has 2 aromatic heterocycles. The third-order valence-corrected chi connectivity index (χ3v) is 2.20. The van der Waals surface area contributed by atoms with E-state index >= 15 is 0 Å². The molecule has 0 fully saturated rings. The van der Waals surface area contributed by atoms with Crippen LogP contribution in [0.4, 0.5) is 10.3 Å². The number of nitrogens with two attached hydrogens (primary N) is 1. The number of hydrogen-bond donors (Lipinski definition) is 1. The molecule has 0 unspecified atom stereocenters. The van der Waals surface area contributed by atoms with E-state index in [2.05, 4.69) is 10.1 Å². The molecule has 0 bridgehead atoms. The largest absolute Gasteiger partial charge is 0.367 e. The highest BCUT2D eigenvalue weighted by Gasteiger charge is 2.16. The molecule has 0 aliphatic carbocycles. The lowest BCUT2D eigenvalue weighted by atomic mass is 10.1. The van der Waals surface area contributed by atoms with Gasteiger partial charge in [-0.25, -0.2) is 4.39 Å². The number of hydrogen-bond acceptors (Lipinski definition) is 4. The molecule has 0 aliphatic rings. The van der Waals surface area contributed by atoms with Gasteiger partial charge in [-0.05, 0) is 12.5 Å². The van der Waals surface area contributed by atoms with Gasteiger partial charge >= 0.3 is 0 Å². The molecule has 0 saturated heterocycles. The molecular formula is C10H10FN3O. The molecule has 2 N–H and O–H groups in total. The lowest BCUT2D eigenvalue weighted by Gasteiger charge is -1.99. The lowest BCUT2D eigenvalue weighted by Crippen LogP contribution is -1.92. The Morgan fingerprint density at radius 3 is 3.00 bits per heavy atom. The van der Waals surface area contributed by atoms with Gasteiger partial charge in [0, 0.05) is 17.3 Å². The Hall–Kier alpha value is -1.91. The summed E-state index contributed by atoms with van der Waals surface area (Å²) in [6.07, 6.45) is 3.29. The fourth-order valence-electron chi connectivity index (χ4n) is 1.44. The summed E-state index contributed by atoms with van der Waals surface area (Å²) >= 11 is 0. The highest BCUT2D eigenvalue weighted by molar-refractivity contribution is 5.66. The van der Waals surface area contributed by atoms with Gasteiger partial charge in [-0.15, -0.1) is 0 Å². The van der Waals surface area contributed by atoms with Crippen molar-refractivity contribution in [1.82, 2.24) is 10.1 Å². The van der Waals surface area contributed by atoms with E-state index in [4.69, 9.17) is 10.3 Å². The Morgan fingerprint density at radius 2 is 2.33 bits per heavy atom. The third kappa shape index (κ3) is 1.56. The van der Waals surface area contributed by atoms with Crippen LogP contribution in [0.1, 0.15) is 12.5 Å². The summed E-state index contributed by atoms with van der Waals surface area (Å²) in [6, 6.07) is 1.55. The van der Waals surface area contributed by atoms with Crippen molar-refractivity contribution in [3.8, 4) is 11.3 Å². The molecule has 0 atom stereocenters. The fraction of sp³-hybridized carbons (Fsp3) is 0.200. The second-order valence-electron chi connectivity index (χ2n) is 3.08. The first-order valence-electron chi connectivity index (χ1n) is 4.58. The molecular weight excluding hydrogens is 197 g/mol. The fourth-order valence-corrected chi connectivity index (χ4v) is 1.44. The van der Waals surface area contributed by atoms with E-state index in [1.165, 1.54) is 6.20 Å². The molecule has 2 rings (SSSR count). The number of aromatic nitrogens is 2. The molecule has 2 heterocycles. The van der Waals surface area contributed by atoms with Crippen LogP contribution < -0.4 is 5.73 Å². The van der Waals surface area contributed by atoms with Crippen LogP contribution in [-0.2, 0) is 6.42 Å². The lowest BCUT2D eigenvalue weighted by molar-refractivity contribution is 0.438. The normalized spacial score (nSPS) is 10.5. The predicted octanol–water partition coefficient (Wildman–Crippen LogP) is 2.02. The van der Waals surface area contributed by atoms with Gasteiger partial charge in [-0.3, -0.25) is 4.98 Å². The maximum atomic E-state index is 13.4. The van der Waals surface area contributed by atoms with Crippen molar-refractivity contribution in [1.29, 1.82) is 0 Å². The van der Waals surface area contributed by atoms with E-state index < -0.39 is 5.82 Å². The highest BCUT2D eigenvalue weighted by atomic mass is 19.1. The number of nitrogens with zero attached hydrogens (tertiary/aromatic N) is 2. The summed E-state index contributed by atoms with van der Waals surface area (Å²) in [5.41, 5.74) is 7.11. The second kappa shape index (κ2) is 3.68. The van der Waals surface area contributed by atoms with Crippen molar-refractivity contribution >= 4 is 5.88 Å². The van der Waals surface area contributed by atoms with E-state index in [0.29, 0.717) is 17.7 Å². The van der Waals surface area contributed by atoms with Crippen LogP contribution in [0.2, 0.25) is 0 Å². The molecule has 0 radical (unpaired) electrons. The van der Waals surface area contributed by atoms with Gasteiger partial charge in [0.05, 0.1) is 6.20 Å². The Morgan fingerprint density at radius 1 is 1.53 bits per heavy atom. The number of rotatable bonds is 2. The van der Waals surface area contributed by atoms with Gasteiger partial charge in [0.1, 0.15) is 5.69 Å². The molecule has 4 nitrogen and oxygen atoms in total. The molecule has 0 aromatic carbocycles. The van der Waals surface area contributed by atoms with Crippen molar-refractivity contribution < 1.29 is 8.91 Å². The van der Waals surface area contributed by atoms with E-state index in [1.54, 1.807) is 6.07 Å². The van der Waals surface area contributed by atoms with Crippen LogP contribution in [0.3, 0.4) is 0 Å². The van der Waals surface area contributed by atoms with Crippen LogP contribution in [0.25, 0.3) is 11.3 Å². The standard InChI is InChI=1S/C10H10FN3O/c1-2-6-9(14-15-10(6)12)7-3-4-13-5-8(7)11/h3-5H,2,12H2,1H3. The van der Waals surface area contributed by atoms with Gasteiger partial charge in [-0.1, -0.05) is 12.1 Å². The molecule has 5 heteroatoms. The van der Waals surface area contributed by atoms with Crippen molar-refractivity contribution in [2.24, 2.45) is 0 Å². The smallest absolute Gasteiger partial charge is 0.225 e. The van der Waals surface area contributed by atoms with E-state index in [-0.39, 0.29) is 5.88 Å². The van der Waals surface area contributed by atoms with E-state index in [0.717, 1.165) is 11.8 Å². The Kier molecular flexibility index (Phi) is 2.37. The number of halogens is 1. The van der Waals surface area contributed by atoms with Crippen molar-refractivity contribution in [3.63, 3.8) is 0 Å². The zero-order chi connectivity index (χ0) is 10.8. The van der Waals surface area contributed by atoms with Gasteiger partial charge in [0.15, 0.2) is 5.82 Å². The minimum absolute atomic E-state index is 0.240. The first kappa shape index (κ1) is 9.64. The maximum Gasteiger partial charge on any atom is 0.225 e. The molecule has 15 heavy (non-hydrogen) atoms. The minimum Gasteiger partial charge on any atom is -0.367 e. The highest BCUT2D eigenvalue weighted by Crippen LogP contribution is 2.28. The topological polar surface area (TPSA) is 64.9 Å². The molecule has 0 aliphatic heterocycles. The van der Waals surface area contributed by atoms with Crippen molar-refractivity contribution in [2.75, 3.05) is 5.73 Å². The van der Waals surface area contributed by atoms with Gasteiger partial charge in [0.2, 0.25) is 5.88 Å². The average Bonchev–Trinajstić information content (AvgIpc) is 2.60. The first-order valence-corrected chi connectivity index (χ1v) is 4.58. The van der Waals surface area contributed by atoms with Gasteiger partial charge in [-0.2, -0.15) is 0 Å². The monoisotopic (exact) mass is 207 g/mol. The van der Waals surface area contributed by atoms with Crippen LogP contribution >= 0.6 is 0 Å². The summed E-state index contributed by atoms with van der Waals surface area (Å²) in [4.78, 5) is 3.67. The predicted molar refractivity (Wildman–Crippen MR) is 53.5 cm³/mol. The SMILES string of the molecule is CCc1c(-c2ccncc2F)noc1N. The van der Waals surface area contributed by atoms with E-state index in [9.17, 15) is 4.39 Å². The quantitative estimate of drug-likeness (QED) is 0.818. The number of pyridine rings is 1. The number of nitrogen functional groups attached to an aromatic ring is 1. The molecule has 0 saturated carbocycles. The Labute approximate surface area is 85.9 Å². The van der Waals surface area contributed by atoms with Crippen LogP contribution in [0.5, 0.6) is 0 Å². The van der Waals surface area contributed by atoms with Gasteiger partial charge in [0.25, 0.3) is 0 Å². The summed E-state index contributed by atoms with van der Waals surface area (Å²) < 4.78 is 18.3. The Balaban J connectivity index is 2.59. The zero-order valence-corrected chi connectivity index (χ0v) is 8.20. The summed E-state index contributed by atoms with van der Waals surface area (Å²) in [5.74, 6) is -0.191. The van der Waals surface area contributed by atoms with Crippen molar-refractivity contribution in [3.05, 3.63) is 29.8 Å². The summed E-state index contributed by atoms with van der Waals surface area (Å²) in [6.45, 7) is 1.91. The maximum absolute atomic E-state index is 13.4. The van der Waals surface area contributed by atoms with Crippen molar-refractivity contribution in [2.45, 2.75) is 13.3 Å². The molecule has 0 amide bonds. The molecule has 0 spiro atoms. The van der Waals surface area contributed by atoms with Crippen LogP contribution in [-0.4, -0.2) is 10.1 Å². The summed E-state index contributed by atoms with van der Waals surface area (Å²) in [7, 11) is 0. The average molecular weight is 207 g/mol. The minimum atomic E-state index is -0.430. The molecule has 78 valence electrons. The van der Waals surface area contributed by atoms with Crippen LogP contribution in [0, 0.1) is 5.82 Å². The zero-order valence-electron chi connectivity index (χ0n) is 8.20. The van der Waals surface area contributed by atoms with Gasteiger partial charge < -0.3 is 10.3 Å². The summed E-state index contributed by atoms with van der Waals surface area (Å²) in [5, 5.41) is 3.75. The second-order valence-corrected chi connectivity index (χ2v) is 3.08. The van der Waals surface area contributed by atoms with E-state index in [1.807, 2.05) is 6.92 Å². The third-order valence-electron chi connectivity index (χ3n) is 2.20. The Bertz CT molecular complexity index is 481. The number of anilines is 1.